The molecule has 0 aromatic carbocycles. The minimum Gasteiger partial charge on any atom is -0.368 e. The maximum Gasteiger partial charge on any atom is 0.223 e. The summed E-state index contributed by atoms with van der Waals surface area (Å²) in [6.45, 7) is 4.45. The third kappa shape index (κ3) is 2.03. The molecule has 1 fully saturated rings. The van der Waals surface area contributed by atoms with Crippen LogP contribution in [0.1, 0.15) is 26.2 Å². The molecule has 1 aliphatic heterocycles. The minimum atomic E-state index is 0.388. The monoisotopic (exact) mass is 262 g/mol. The van der Waals surface area contributed by atoms with Crippen LogP contribution >= 0.6 is 11.3 Å². The molecule has 2 N–H and O–H groups in total. The summed E-state index contributed by atoms with van der Waals surface area (Å²) >= 11 is 1.63. The highest BCUT2D eigenvalue weighted by Gasteiger charge is 2.24. The second-order valence-corrected chi connectivity index (χ2v) is 5.83. The molecule has 0 bridgehead atoms. The second kappa shape index (κ2) is 4.72. The van der Waals surface area contributed by atoms with Crippen molar-refractivity contribution in [2.24, 2.45) is 5.92 Å². The van der Waals surface area contributed by atoms with Crippen LogP contribution in [0.3, 0.4) is 0 Å². The van der Waals surface area contributed by atoms with Gasteiger partial charge in [0.25, 0.3) is 0 Å². The molecule has 18 heavy (non-hydrogen) atoms. The average molecular weight is 262 g/mol. The van der Waals surface area contributed by atoms with Crippen LogP contribution in [0.15, 0.2) is 11.4 Å². The number of thiophene rings is 1. The van der Waals surface area contributed by atoms with Crippen molar-refractivity contribution in [3.05, 3.63) is 11.4 Å². The lowest BCUT2D eigenvalue weighted by Gasteiger charge is -2.18. The van der Waals surface area contributed by atoms with Crippen molar-refractivity contribution in [2.45, 2.75) is 26.2 Å². The molecule has 1 atom stereocenters. The highest BCUT2D eigenvalue weighted by atomic mass is 32.1. The Morgan fingerprint density at radius 2 is 2.39 bits per heavy atom. The van der Waals surface area contributed by atoms with Gasteiger partial charge in [0.1, 0.15) is 10.6 Å². The summed E-state index contributed by atoms with van der Waals surface area (Å²) in [5, 5.41) is 3.20. The largest absolute Gasteiger partial charge is 0.368 e. The van der Waals surface area contributed by atoms with E-state index in [1.807, 2.05) is 0 Å². The summed E-state index contributed by atoms with van der Waals surface area (Å²) in [5.41, 5.74) is 5.80. The van der Waals surface area contributed by atoms with Crippen molar-refractivity contribution in [1.29, 1.82) is 0 Å². The van der Waals surface area contributed by atoms with Crippen LogP contribution in [0.2, 0.25) is 0 Å². The Bertz CT molecular complexity index is 551. The van der Waals surface area contributed by atoms with Crippen molar-refractivity contribution in [3.63, 3.8) is 0 Å². The first-order valence-corrected chi connectivity index (χ1v) is 7.41. The van der Waals surface area contributed by atoms with Crippen LogP contribution in [0.5, 0.6) is 0 Å². The third-order valence-corrected chi connectivity index (χ3v) is 4.41. The quantitative estimate of drug-likeness (QED) is 0.924. The first-order valence-electron chi connectivity index (χ1n) is 6.53. The van der Waals surface area contributed by atoms with Crippen LogP contribution in [0.4, 0.5) is 11.8 Å². The number of nitrogen functional groups attached to an aromatic ring is 1. The molecule has 1 aliphatic rings. The van der Waals surface area contributed by atoms with Gasteiger partial charge in [-0.15, -0.1) is 11.3 Å². The molecule has 0 radical (unpaired) electrons. The van der Waals surface area contributed by atoms with Gasteiger partial charge in [0.15, 0.2) is 0 Å². The molecule has 0 amide bonds. The third-order valence-electron chi connectivity index (χ3n) is 3.60. The molecule has 1 unspecified atom stereocenters. The van der Waals surface area contributed by atoms with E-state index < -0.39 is 0 Å². The number of aromatic nitrogens is 2. The molecule has 2 aromatic rings. The van der Waals surface area contributed by atoms with E-state index in [1.165, 1.54) is 19.3 Å². The summed E-state index contributed by atoms with van der Waals surface area (Å²) in [6, 6.07) is 2.10. The van der Waals surface area contributed by atoms with E-state index in [9.17, 15) is 0 Å². The highest BCUT2D eigenvalue weighted by molar-refractivity contribution is 7.16. The second-order valence-electron chi connectivity index (χ2n) is 4.93. The molecular formula is C13H18N4S. The molecule has 0 saturated carbocycles. The van der Waals surface area contributed by atoms with E-state index in [-0.39, 0.29) is 0 Å². The molecule has 3 heterocycles. The van der Waals surface area contributed by atoms with Crippen molar-refractivity contribution >= 4 is 33.3 Å². The zero-order chi connectivity index (χ0) is 12.5. The van der Waals surface area contributed by atoms with Crippen LogP contribution in [-0.4, -0.2) is 23.1 Å². The van der Waals surface area contributed by atoms with Crippen LogP contribution in [0.25, 0.3) is 10.2 Å². The van der Waals surface area contributed by atoms with Gasteiger partial charge < -0.3 is 10.6 Å². The normalized spacial score (nSPS) is 19.8. The number of anilines is 2. The van der Waals surface area contributed by atoms with Gasteiger partial charge >= 0.3 is 0 Å². The lowest BCUT2D eigenvalue weighted by Crippen LogP contribution is -2.21. The van der Waals surface area contributed by atoms with E-state index in [0.29, 0.717) is 5.95 Å². The van der Waals surface area contributed by atoms with Gasteiger partial charge in [0.2, 0.25) is 5.95 Å². The predicted molar refractivity (Wildman–Crippen MR) is 77.1 cm³/mol. The fourth-order valence-corrected chi connectivity index (χ4v) is 3.53. The van der Waals surface area contributed by atoms with Gasteiger partial charge in [0, 0.05) is 13.1 Å². The standard InChI is InChI=1S/C13H18N4S/c1-2-3-9-4-6-17(8-9)11-10-5-7-18-12(10)16-13(14)15-11/h5,7,9H,2-4,6,8H2,1H3,(H2,14,15,16). The van der Waals surface area contributed by atoms with E-state index in [0.717, 1.165) is 35.0 Å². The molecular weight excluding hydrogens is 244 g/mol. The molecule has 96 valence electrons. The smallest absolute Gasteiger partial charge is 0.223 e. The van der Waals surface area contributed by atoms with Gasteiger partial charge in [-0.2, -0.15) is 4.98 Å². The van der Waals surface area contributed by atoms with Crippen molar-refractivity contribution in [1.82, 2.24) is 9.97 Å². The van der Waals surface area contributed by atoms with E-state index in [4.69, 9.17) is 5.73 Å². The van der Waals surface area contributed by atoms with Gasteiger partial charge in [-0.25, -0.2) is 4.98 Å². The predicted octanol–water partition coefficient (Wildman–Crippen LogP) is 2.90. The van der Waals surface area contributed by atoms with Crippen molar-refractivity contribution in [3.8, 4) is 0 Å². The first kappa shape index (κ1) is 11.7. The van der Waals surface area contributed by atoms with Crippen molar-refractivity contribution in [2.75, 3.05) is 23.7 Å². The Labute approximate surface area is 111 Å². The Kier molecular flexibility index (Phi) is 3.07. The lowest BCUT2D eigenvalue weighted by molar-refractivity contribution is 0.529. The molecule has 0 aliphatic carbocycles. The van der Waals surface area contributed by atoms with Gasteiger partial charge in [-0.3, -0.25) is 0 Å². The van der Waals surface area contributed by atoms with Gasteiger partial charge in [-0.1, -0.05) is 13.3 Å². The van der Waals surface area contributed by atoms with Crippen LogP contribution in [-0.2, 0) is 0 Å². The lowest BCUT2D eigenvalue weighted by atomic mass is 10.0. The van der Waals surface area contributed by atoms with Gasteiger partial charge in [-0.05, 0) is 30.2 Å². The van der Waals surface area contributed by atoms with Crippen LogP contribution in [0, 0.1) is 5.92 Å². The Hall–Kier alpha value is -1.36. The molecule has 5 heteroatoms. The summed E-state index contributed by atoms with van der Waals surface area (Å²) in [7, 11) is 0. The van der Waals surface area contributed by atoms with Crippen LogP contribution < -0.4 is 10.6 Å². The number of nitrogens with zero attached hydrogens (tertiary/aromatic N) is 3. The SMILES string of the molecule is CCCC1CCN(c2nc(N)nc3sccc23)C1. The highest BCUT2D eigenvalue weighted by Crippen LogP contribution is 2.32. The first-order chi connectivity index (χ1) is 8.78. The average Bonchev–Trinajstić information content (AvgIpc) is 2.96. The van der Waals surface area contributed by atoms with E-state index in [2.05, 4.69) is 33.2 Å². The molecule has 1 saturated heterocycles. The number of fused-ring (bicyclic) bond motifs is 1. The summed E-state index contributed by atoms with van der Waals surface area (Å²) < 4.78 is 0. The number of hydrogen-bond acceptors (Lipinski definition) is 5. The Balaban J connectivity index is 1.92. The maximum atomic E-state index is 5.80. The fraction of sp³-hybridized carbons (Fsp3) is 0.538. The Morgan fingerprint density at radius 1 is 1.50 bits per heavy atom. The summed E-state index contributed by atoms with van der Waals surface area (Å²) in [6.07, 6.45) is 3.84. The minimum absolute atomic E-state index is 0.388. The zero-order valence-electron chi connectivity index (χ0n) is 10.6. The number of rotatable bonds is 3. The number of hydrogen-bond donors (Lipinski definition) is 1. The molecule has 0 spiro atoms. The summed E-state index contributed by atoms with van der Waals surface area (Å²) in [4.78, 5) is 12.1. The van der Waals surface area contributed by atoms with E-state index in [1.54, 1.807) is 11.3 Å². The van der Waals surface area contributed by atoms with Crippen molar-refractivity contribution < 1.29 is 0 Å². The molecule has 2 aromatic heterocycles. The Morgan fingerprint density at radius 3 is 3.22 bits per heavy atom. The molecule has 3 rings (SSSR count). The topological polar surface area (TPSA) is 55.0 Å². The number of nitrogens with two attached hydrogens (primary N) is 1. The van der Waals surface area contributed by atoms with E-state index >= 15 is 0 Å². The fourth-order valence-electron chi connectivity index (χ4n) is 2.77. The van der Waals surface area contributed by atoms with Gasteiger partial charge in [0.05, 0.1) is 5.39 Å². The maximum absolute atomic E-state index is 5.80. The summed E-state index contributed by atoms with van der Waals surface area (Å²) in [5.74, 6) is 2.22. The zero-order valence-corrected chi connectivity index (χ0v) is 11.4. The molecule has 4 nitrogen and oxygen atoms in total.